The summed E-state index contributed by atoms with van der Waals surface area (Å²) in [6.07, 6.45) is 6.72. The second-order valence-electron chi connectivity index (χ2n) is 5.34. The number of benzene rings is 1. The number of hydrogen-bond acceptors (Lipinski definition) is 2. The van der Waals surface area contributed by atoms with Gasteiger partial charge in [-0.3, -0.25) is 4.98 Å². The molecule has 2 atom stereocenters. The summed E-state index contributed by atoms with van der Waals surface area (Å²) in [5.41, 5.74) is 3.64. The van der Waals surface area contributed by atoms with Crippen molar-refractivity contribution in [1.82, 2.24) is 10.3 Å². The molecule has 1 aliphatic carbocycles. The molecular formula is C17H19FN2. The second kappa shape index (κ2) is 5.71. The number of aryl methyl sites for hydroxylation is 1. The van der Waals surface area contributed by atoms with Gasteiger partial charge in [0.15, 0.2) is 0 Å². The van der Waals surface area contributed by atoms with Gasteiger partial charge in [0.25, 0.3) is 0 Å². The molecule has 1 N–H and O–H groups in total. The zero-order valence-electron chi connectivity index (χ0n) is 11.6. The van der Waals surface area contributed by atoms with Crippen LogP contribution in [0.5, 0.6) is 0 Å². The lowest BCUT2D eigenvalue weighted by Crippen LogP contribution is -2.24. The van der Waals surface area contributed by atoms with Gasteiger partial charge in [-0.25, -0.2) is 4.39 Å². The fourth-order valence-electron chi connectivity index (χ4n) is 3.03. The highest BCUT2D eigenvalue weighted by Crippen LogP contribution is 2.34. The summed E-state index contributed by atoms with van der Waals surface area (Å²) in [6, 6.07) is 9.78. The Morgan fingerprint density at radius 2 is 2.10 bits per heavy atom. The molecule has 1 aromatic carbocycles. The molecule has 3 heteroatoms. The van der Waals surface area contributed by atoms with Crippen molar-refractivity contribution < 1.29 is 4.39 Å². The van der Waals surface area contributed by atoms with E-state index in [-0.39, 0.29) is 17.9 Å². The molecule has 104 valence electrons. The molecule has 1 aliphatic rings. The van der Waals surface area contributed by atoms with E-state index in [1.54, 1.807) is 12.1 Å². The Kier molecular flexibility index (Phi) is 3.79. The molecule has 0 saturated carbocycles. The summed E-state index contributed by atoms with van der Waals surface area (Å²) in [7, 11) is 0. The minimum Gasteiger partial charge on any atom is -0.303 e. The first-order valence-corrected chi connectivity index (χ1v) is 7.22. The highest BCUT2D eigenvalue weighted by atomic mass is 19.1. The summed E-state index contributed by atoms with van der Waals surface area (Å²) in [4.78, 5) is 4.06. The molecule has 1 aromatic heterocycles. The number of nitrogens with zero attached hydrogens (tertiary/aromatic N) is 1. The number of rotatable bonds is 4. The SMILES string of the molecule is CC[C@@H](N[C@H]1CCc2ccc(F)cc21)c1ccncc1. The Morgan fingerprint density at radius 3 is 2.85 bits per heavy atom. The van der Waals surface area contributed by atoms with Crippen LogP contribution in [-0.2, 0) is 6.42 Å². The monoisotopic (exact) mass is 270 g/mol. The molecule has 0 radical (unpaired) electrons. The summed E-state index contributed by atoms with van der Waals surface area (Å²) >= 11 is 0. The van der Waals surface area contributed by atoms with Crippen LogP contribution in [0.4, 0.5) is 4.39 Å². The average molecular weight is 270 g/mol. The smallest absolute Gasteiger partial charge is 0.123 e. The van der Waals surface area contributed by atoms with Crippen molar-refractivity contribution in [2.75, 3.05) is 0 Å². The molecule has 1 heterocycles. The first-order valence-electron chi connectivity index (χ1n) is 7.22. The van der Waals surface area contributed by atoms with Gasteiger partial charge in [-0.1, -0.05) is 13.0 Å². The van der Waals surface area contributed by atoms with Crippen molar-refractivity contribution in [2.24, 2.45) is 0 Å². The van der Waals surface area contributed by atoms with Crippen LogP contribution in [0.25, 0.3) is 0 Å². The lowest BCUT2D eigenvalue weighted by molar-refractivity contribution is 0.432. The van der Waals surface area contributed by atoms with Gasteiger partial charge in [0.05, 0.1) is 0 Å². The lowest BCUT2D eigenvalue weighted by atomic mass is 10.0. The molecule has 0 saturated heterocycles. The maximum atomic E-state index is 13.4. The van der Waals surface area contributed by atoms with Crippen molar-refractivity contribution in [3.8, 4) is 0 Å². The molecule has 0 aliphatic heterocycles. The van der Waals surface area contributed by atoms with E-state index in [9.17, 15) is 4.39 Å². The van der Waals surface area contributed by atoms with Crippen LogP contribution in [0.2, 0.25) is 0 Å². The summed E-state index contributed by atoms with van der Waals surface area (Å²) < 4.78 is 13.4. The Morgan fingerprint density at radius 1 is 1.30 bits per heavy atom. The van der Waals surface area contributed by atoms with Crippen LogP contribution in [0.15, 0.2) is 42.7 Å². The van der Waals surface area contributed by atoms with Crippen LogP contribution in [0, 0.1) is 5.82 Å². The minimum atomic E-state index is -0.144. The molecule has 0 fully saturated rings. The van der Waals surface area contributed by atoms with E-state index in [2.05, 4.69) is 17.2 Å². The highest BCUT2D eigenvalue weighted by Gasteiger charge is 2.25. The predicted molar refractivity (Wildman–Crippen MR) is 77.9 cm³/mol. The highest BCUT2D eigenvalue weighted by molar-refractivity contribution is 5.35. The number of halogens is 1. The molecule has 3 rings (SSSR count). The quantitative estimate of drug-likeness (QED) is 0.910. The van der Waals surface area contributed by atoms with Crippen LogP contribution in [0.1, 0.15) is 48.5 Å². The maximum Gasteiger partial charge on any atom is 0.123 e. The Labute approximate surface area is 119 Å². The third-order valence-corrected chi connectivity index (χ3v) is 4.10. The van der Waals surface area contributed by atoms with Crippen molar-refractivity contribution in [1.29, 1.82) is 0 Å². The Bertz CT molecular complexity index is 583. The van der Waals surface area contributed by atoms with Gasteiger partial charge in [-0.05, 0) is 60.2 Å². The third-order valence-electron chi connectivity index (χ3n) is 4.10. The molecule has 20 heavy (non-hydrogen) atoms. The summed E-state index contributed by atoms with van der Waals surface area (Å²) in [5, 5.41) is 3.67. The summed E-state index contributed by atoms with van der Waals surface area (Å²) in [5.74, 6) is -0.144. The van der Waals surface area contributed by atoms with Crippen LogP contribution >= 0.6 is 0 Å². The average Bonchev–Trinajstić information content (AvgIpc) is 2.88. The number of hydrogen-bond donors (Lipinski definition) is 1. The van der Waals surface area contributed by atoms with Crippen molar-refractivity contribution >= 4 is 0 Å². The minimum absolute atomic E-state index is 0.144. The first-order chi connectivity index (χ1) is 9.78. The van der Waals surface area contributed by atoms with Gasteiger partial charge < -0.3 is 5.32 Å². The molecule has 2 aromatic rings. The molecule has 0 bridgehead atoms. The van der Waals surface area contributed by atoms with E-state index < -0.39 is 0 Å². The Hall–Kier alpha value is -1.74. The van der Waals surface area contributed by atoms with E-state index in [1.165, 1.54) is 11.1 Å². The van der Waals surface area contributed by atoms with E-state index in [1.807, 2.05) is 30.6 Å². The van der Waals surface area contributed by atoms with Crippen molar-refractivity contribution in [2.45, 2.75) is 38.3 Å². The van der Waals surface area contributed by atoms with Gasteiger partial charge >= 0.3 is 0 Å². The van der Waals surface area contributed by atoms with Gasteiger partial charge in [0.2, 0.25) is 0 Å². The zero-order chi connectivity index (χ0) is 13.9. The molecule has 0 amide bonds. The fourth-order valence-corrected chi connectivity index (χ4v) is 3.03. The molecule has 0 unspecified atom stereocenters. The van der Waals surface area contributed by atoms with E-state index in [0.717, 1.165) is 24.8 Å². The van der Waals surface area contributed by atoms with Gasteiger partial charge in [0.1, 0.15) is 5.82 Å². The second-order valence-corrected chi connectivity index (χ2v) is 5.34. The standard InChI is InChI=1S/C17H19FN2/c1-2-16(13-7-9-19-10-8-13)20-17-6-4-12-3-5-14(18)11-15(12)17/h3,5,7-11,16-17,20H,2,4,6H2,1H3/t16-,17+/m1/s1. The van der Waals surface area contributed by atoms with Gasteiger partial charge in [0, 0.05) is 24.5 Å². The number of fused-ring (bicyclic) bond motifs is 1. The number of nitrogens with one attached hydrogen (secondary N) is 1. The molecule has 2 nitrogen and oxygen atoms in total. The topological polar surface area (TPSA) is 24.9 Å². The van der Waals surface area contributed by atoms with Gasteiger partial charge in [-0.15, -0.1) is 0 Å². The largest absolute Gasteiger partial charge is 0.303 e. The van der Waals surface area contributed by atoms with E-state index in [0.29, 0.717) is 0 Å². The fraction of sp³-hybridized carbons (Fsp3) is 0.353. The normalized spacial score (nSPS) is 18.8. The van der Waals surface area contributed by atoms with E-state index >= 15 is 0 Å². The lowest BCUT2D eigenvalue weighted by Gasteiger charge is -2.23. The van der Waals surface area contributed by atoms with Crippen LogP contribution in [0.3, 0.4) is 0 Å². The van der Waals surface area contributed by atoms with Gasteiger partial charge in [-0.2, -0.15) is 0 Å². The van der Waals surface area contributed by atoms with Crippen molar-refractivity contribution in [3.05, 3.63) is 65.2 Å². The maximum absolute atomic E-state index is 13.4. The van der Waals surface area contributed by atoms with Crippen molar-refractivity contribution in [3.63, 3.8) is 0 Å². The molecular weight excluding hydrogens is 251 g/mol. The van der Waals surface area contributed by atoms with Crippen LogP contribution < -0.4 is 5.32 Å². The Balaban J connectivity index is 1.81. The predicted octanol–water partition coefficient (Wildman–Crippen LogP) is 3.95. The molecule has 0 spiro atoms. The zero-order valence-corrected chi connectivity index (χ0v) is 11.6. The number of pyridine rings is 1. The summed E-state index contributed by atoms with van der Waals surface area (Å²) in [6.45, 7) is 2.17. The first kappa shape index (κ1) is 13.3. The third kappa shape index (κ3) is 2.59. The van der Waals surface area contributed by atoms with E-state index in [4.69, 9.17) is 0 Å². The number of aromatic nitrogens is 1. The van der Waals surface area contributed by atoms with Crippen LogP contribution in [-0.4, -0.2) is 4.98 Å².